The van der Waals surface area contributed by atoms with Crippen molar-refractivity contribution in [2.75, 3.05) is 6.54 Å². The highest BCUT2D eigenvalue weighted by molar-refractivity contribution is 6.07. The summed E-state index contributed by atoms with van der Waals surface area (Å²) < 4.78 is 28.7. The number of imidazole rings is 1. The standard InChI is InChI=1S/C16H16F2N4O2/c1-16(11-7-12(17)9-13(18)8-11)14(23)22(15(24)20-16)5-2-4-21-6-3-19-10-21/h3,6-10H,2,4-5H2,1H3,(H,20,24). The van der Waals surface area contributed by atoms with Crippen LogP contribution < -0.4 is 5.32 Å². The van der Waals surface area contributed by atoms with Gasteiger partial charge in [-0.2, -0.15) is 0 Å². The Kier molecular flexibility index (Phi) is 4.04. The number of carbonyl (C=O) groups is 2. The molecule has 1 aromatic carbocycles. The van der Waals surface area contributed by atoms with Crippen molar-refractivity contribution in [3.8, 4) is 0 Å². The third kappa shape index (κ3) is 2.86. The number of carbonyl (C=O) groups excluding carboxylic acids is 2. The molecule has 0 aliphatic carbocycles. The summed E-state index contributed by atoms with van der Waals surface area (Å²) in [6, 6.07) is 2.25. The quantitative estimate of drug-likeness (QED) is 0.851. The molecule has 0 saturated carbocycles. The number of aryl methyl sites for hydroxylation is 1. The number of imide groups is 1. The summed E-state index contributed by atoms with van der Waals surface area (Å²) in [7, 11) is 0. The lowest BCUT2D eigenvalue weighted by molar-refractivity contribution is -0.131. The van der Waals surface area contributed by atoms with Gasteiger partial charge in [-0.25, -0.2) is 18.6 Å². The molecule has 0 radical (unpaired) electrons. The van der Waals surface area contributed by atoms with Gasteiger partial charge in [-0.3, -0.25) is 9.69 Å². The molecule has 1 aromatic heterocycles. The first kappa shape index (κ1) is 16.1. The molecular weight excluding hydrogens is 318 g/mol. The Bertz CT molecular complexity index is 758. The van der Waals surface area contributed by atoms with E-state index in [0.717, 1.165) is 23.1 Å². The van der Waals surface area contributed by atoms with Gasteiger partial charge < -0.3 is 9.88 Å². The first-order valence-electron chi connectivity index (χ1n) is 7.46. The topological polar surface area (TPSA) is 67.2 Å². The minimum Gasteiger partial charge on any atom is -0.337 e. The van der Waals surface area contributed by atoms with Gasteiger partial charge >= 0.3 is 6.03 Å². The normalized spacial score (nSPS) is 20.5. The van der Waals surface area contributed by atoms with Crippen LogP contribution in [-0.2, 0) is 16.9 Å². The van der Waals surface area contributed by atoms with E-state index in [1.54, 1.807) is 18.7 Å². The highest BCUT2D eigenvalue weighted by Crippen LogP contribution is 2.30. The molecular formula is C16H16F2N4O2. The monoisotopic (exact) mass is 334 g/mol. The van der Waals surface area contributed by atoms with E-state index in [1.807, 2.05) is 4.57 Å². The molecule has 2 heterocycles. The van der Waals surface area contributed by atoms with Gasteiger partial charge in [0.05, 0.1) is 6.33 Å². The fraction of sp³-hybridized carbons (Fsp3) is 0.312. The number of amides is 3. The molecule has 1 atom stereocenters. The van der Waals surface area contributed by atoms with Gasteiger partial charge in [0.25, 0.3) is 5.91 Å². The van der Waals surface area contributed by atoms with Crippen molar-refractivity contribution in [2.24, 2.45) is 0 Å². The van der Waals surface area contributed by atoms with Gasteiger partial charge in [-0.05, 0) is 31.0 Å². The minimum atomic E-state index is -1.48. The van der Waals surface area contributed by atoms with E-state index >= 15 is 0 Å². The van der Waals surface area contributed by atoms with Crippen molar-refractivity contribution >= 4 is 11.9 Å². The summed E-state index contributed by atoms with van der Waals surface area (Å²) >= 11 is 0. The van der Waals surface area contributed by atoms with Gasteiger partial charge in [0.1, 0.15) is 17.2 Å². The molecule has 1 unspecified atom stereocenters. The Balaban J connectivity index is 1.75. The molecule has 3 amide bonds. The molecule has 126 valence electrons. The molecule has 1 fully saturated rings. The second-order valence-electron chi connectivity index (χ2n) is 5.82. The van der Waals surface area contributed by atoms with E-state index in [-0.39, 0.29) is 12.1 Å². The predicted molar refractivity (Wildman–Crippen MR) is 80.8 cm³/mol. The fourth-order valence-electron chi connectivity index (χ4n) is 2.77. The van der Waals surface area contributed by atoms with E-state index in [0.29, 0.717) is 13.0 Å². The van der Waals surface area contributed by atoms with E-state index in [1.165, 1.54) is 6.92 Å². The Morgan fingerprint density at radius 2 is 1.88 bits per heavy atom. The Morgan fingerprint density at radius 3 is 2.50 bits per heavy atom. The maximum atomic E-state index is 13.4. The number of rotatable bonds is 5. The van der Waals surface area contributed by atoms with Crippen LogP contribution in [0.25, 0.3) is 0 Å². The lowest BCUT2D eigenvalue weighted by Crippen LogP contribution is -2.41. The Labute approximate surface area is 137 Å². The SMILES string of the molecule is CC1(c2cc(F)cc(F)c2)NC(=O)N(CCCn2ccnc2)C1=O. The van der Waals surface area contributed by atoms with Crippen LogP contribution in [0.2, 0.25) is 0 Å². The second-order valence-corrected chi connectivity index (χ2v) is 5.82. The lowest BCUT2D eigenvalue weighted by atomic mass is 9.92. The molecule has 2 aromatic rings. The van der Waals surface area contributed by atoms with Crippen LogP contribution in [0.5, 0.6) is 0 Å². The number of hydrogen-bond acceptors (Lipinski definition) is 3. The van der Waals surface area contributed by atoms with Crippen molar-refractivity contribution in [1.82, 2.24) is 19.8 Å². The zero-order chi connectivity index (χ0) is 17.3. The summed E-state index contributed by atoms with van der Waals surface area (Å²) in [4.78, 5) is 29.7. The third-order valence-electron chi connectivity index (χ3n) is 4.07. The van der Waals surface area contributed by atoms with Crippen LogP contribution in [-0.4, -0.2) is 32.9 Å². The summed E-state index contributed by atoms with van der Waals surface area (Å²) in [5.74, 6) is -2.12. The van der Waals surface area contributed by atoms with Gasteiger partial charge in [0, 0.05) is 31.5 Å². The third-order valence-corrected chi connectivity index (χ3v) is 4.07. The number of nitrogens with one attached hydrogen (secondary N) is 1. The van der Waals surface area contributed by atoms with Crippen LogP contribution in [0.1, 0.15) is 18.9 Å². The van der Waals surface area contributed by atoms with Crippen LogP contribution in [0, 0.1) is 11.6 Å². The molecule has 8 heteroatoms. The van der Waals surface area contributed by atoms with E-state index in [9.17, 15) is 18.4 Å². The van der Waals surface area contributed by atoms with Crippen LogP contribution in [0.3, 0.4) is 0 Å². The zero-order valence-electron chi connectivity index (χ0n) is 13.0. The van der Waals surface area contributed by atoms with Crippen molar-refractivity contribution in [3.63, 3.8) is 0 Å². The molecule has 1 aliphatic heterocycles. The van der Waals surface area contributed by atoms with Gasteiger partial charge in [-0.1, -0.05) is 0 Å². The first-order chi connectivity index (χ1) is 11.4. The molecule has 0 bridgehead atoms. The number of hydrogen-bond donors (Lipinski definition) is 1. The number of aromatic nitrogens is 2. The molecule has 1 saturated heterocycles. The highest BCUT2D eigenvalue weighted by Gasteiger charge is 2.49. The molecule has 3 rings (SSSR count). The van der Waals surface area contributed by atoms with Crippen LogP contribution in [0.15, 0.2) is 36.9 Å². The maximum Gasteiger partial charge on any atom is 0.325 e. The van der Waals surface area contributed by atoms with Crippen molar-refractivity contribution < 1.29 is 18.4 Å². The van der Waals surface area contributed by atoms with E-state index in [2.05, 4.69) is 10.3 Å². The highest BCUT2D eigenvalue weighted by atomic mass is 19.1. The summed E-state index contributed by atoms with van der Waals surface area (Å²) in [6.07, 6.45) is 5.61. The maximum absolute atomic E-state index is 13.4. The molecule has 0 spiro atoms. The molecule has 1 aliphatic rings. The average Bonchev–Trinajstić information content (AvgIpc) is 3.09. The van der Waals surface area contributed by atoms with Gasteiger partial charge in [0.15, 0.2) is 0 Å². The zero-order valence-corrected chi connectivity index (χ0v) is 13.0. The van der Waals surface area contributed by atoms with Gasteiger partial charge in [0.2, 0.25) is 0 Å². The summed E-state index contributed by atoms with van der Waals surface area (Å²) in [6.45, 7) is 2.25. The summed E-state index contributed by atoms with van der Waals surface area (Å²) in [5, 5.41) is 2.53. The molecule has 1 N–H and O–H groups in total. The predicted octanol–water partition coefficient (Wildman–Crippen LogP) is 2.02. The number of urea groups is 1. The number of benzene rings is 1. The van der Waals surface area contributed by atoms with Crippen LogP contribution >= 0.6 is 0 Å². The Morgan fingerprint density at radius 1 is 1.17 bits per heavy atom. The van der Waals surface area contributed by atoms with Crippen molar-refractivity contribution in [3.05, 3.63) is 54.1 Å². The number of nitrogens with zero attached hydrogens (tertiary/aromatic N) is 3. The van der Waals surface area contributed by atoms with Crippen LogP contribution in [0.4, 0.5) is 13.6 Å². The number of halogens is 2. The first-order valence-corrected chi connectivity index (χ1v) is 7.46. The molecule has 24 heavy (non-hydrogen) atoms. The lowest BCUT2D eigenvalue weighted by Gasteiger charge is -2.22. The van der Waals surface area contributed by atoms with E-state index < -0.39 is 29.1 Å². The summed E-state index contributed by atoms with van der Waals surface area (Å²) in [5.41, 5.74) is -1.40. The fourth-order valence-corrected chi connectivity index (χ4v) is 2.77. The molecule has 6 nitrogen and oxygen atoms in total. The average molecular weight is 334 g/mol. The second kappa shape index (κ2) is 6.03. The minimum absolute atomic E-state index is 0.0791. The largest absolute Gasteiger partial charge is 0.337 e. The van der Waals surface area contributed by atoms with E-state index in [4.69, 9.17) is 0 Å². The smallest absolute Gasteiger partial charge is 0.325 e. The Hall–Kier alpha value is -2.77. The van der Waals surface area contributed by atoms with Gasteiger partial charge in [-0.15, -0.1) is 0 Å². The van der Waals surface area contributed by atoms with Crippen molar-refractivity contribution in [1.29, 1.82) is 0 Å². The van der Waals surface area contributed by atoms with Crippen molar-refractivity contribution in [2.45, 2.75) is 25.4 Å².